The fourth-order valence-corrected chi connectivity index (χ4v) is 2.76. The fourth-order valence-electron chi connectivity index (χ4n) is 2.76. The zero-order valence-electron chi connectivity index (χ0n) is 12.1. The molecule has 2 N–H and O–H groups in total. The molecule has 0 aromatic rings. The van der Waals surface area contributed by atoms with Crippen LogP contribution in [-0.4, -0.2) is 64.3 Å². The fraction of sp³-hybridized carbons (Fsp3) is 0.846. The van der Waals surface area contributed by atoms with E-state index in [-0.39, 0.29) is 12.6 Å². The molecule has 0 saturated carbocycles. The Hall–Kier alpha value is -1.30. The Balaban J connectivity index is 2.90. The number of nitrogens with zero attached hydrogens (tertiary/aromatic N) is 2. The van der Waals surface area contributed by atoms with Crippen LogP contribution in [0.3, 0.4) is 0 Å². The molecule has 0 radical (unpaired) electrons. The third-order valence-corrected chi connectivity index (χ3v) is 3.62. The quantitative estimate of drug-likeness (QED) is 0.803. The van der Waals surface area contributed by atoms with E-state index >= 15 is 0 Å². The number of aliphatic carboxylic acids is 1. The second kappa shape index (κ2) is 5.77. The van der Waals surface area contributed by atoms with Crippen molar-refractivity contribution in [1.82, 2.24) is 9.80 Å². The molecule has 0 aliphatic carbocycles. The maximum absolute atomic E-state index is 12.3. The van der Waals surface area contributed by atoms with Crippen LogP contribution in [0.1, 0.15) is 33.6 Å². The van der Waals surface area contributed by atoms with Gasteiger partial charge in [0.05, 0.1) is 6.10 Å². The van der Waals surface area contributed by atoms with Gasteiger partial charge in [-0.15, -0.1) is 0 Å². The van der Waals surface area contributed by atoms with E-state index in [2.05, 4.69) is 0 Å². The zero-order chi connectivity index (χ0) is 14.8. The van der Waals surface area contributed by atoms with Gasteiger partial charge < -0.3 is 20.0 Å². The summed E-state index contributed by atoms with van der Waals surface area (Å²) < 4.78 is 0. The number of piperidine rings is 1. The van der Waals surface area contributed by atoms with E-state index < -0.39 is 23.5 Å². The standard InChI is InChI=1S/C13H24N2O4/c1-9(16)8-14(4)12(19)15-7-5-6-13(2,3)10(15)11(17)18/h9-10,16H,5-8H2,1-4H3,(H,17,18). The van der Waals surface area contributed by atoms with Gasteiger partial charge >= 0.3 is 12.0 Å². The summed E-state index contributed by atoms with van der Waals surface area (Å²) in [6.45, 7) is 5.99. The predicted molar refractivity (Wildman–Crippen MR) is 70.9 cm³/mol. The van der Waals surface area contributed by atoms with Gasteiger partial charge in [-0.2, -0.15) is 0 Å². The Labute approximate surface area is 114 Å². The zero-order valence-corrected chi connectivity index (χ0v) is 12.1. The van der Waals surface area contributed by atoms with Crippen molar-refractivity contribution in [1.29, 1.82) is 0 Å². The Morgan fingerprint density at radius 2 is 2.05 bits per heavy atom. The molecule has 1 aliphatic rings. The second-order valence-electron chi connectivity index (χ2n) is 6.04. The van der Waals surface area contributed by atoms with Gasteiger partial charge in [0.15, 0.2) is 0 Å². The molecular formula is C13H24N2O4. The van der Waals surface area contributed by atoms with Gasteiger partial charge in [0.1, 0.15) is 6.04 Å². The van der Waals surface area contributed by atoms with E-state index in [0.717, 1.165) is 12.8 Å². The van der Waals surface area contributed by atoms with Crippen LogP contribution in [0.15, 0.2) is 0 Å². The minimum Gasteiger partial charge on any atom is -0.480 e. The molecule has 6 heteroatoms. The molecule has 6 nitrogen and oxygen atoms in total. The van der Waals surface area contributed by atoms with Crippen molar-refractivity contribution in [2.24, 2.45) is 5.41 Å². The van der Waals surface area contributed by atoms with Crippen molar-refractivity contribution in [2.45, 2.75) is 45.8 Å². The van der Waals surface area contributed by atoms with Gasteiger partial charge in [-0.3, -0.25) is 0 Å². The second-order valence-corrected chi connectivity index (χ2v) is 6.04. The van der Waals surface area contributed by atoms with Gasteiger partial charge in [-0.25, -0.2) is 9.59 Å². The molecule has 1 heterocycles. The van der Waals surface area contributed by atoms with E-state index in [1.54, 1.807) is 14.0 Å². The van der Waals surface area contributed by atoms with Crippen LogP contribution in [-0.2, 0) is 4.79 Å². The first-order chi connectivity index (χ1) is 8.66. The average molecular weight is 272 g/mol. The average Bonchev–Trinajstić information content (AvgIpc) is 2.24. The van der Waals surface area contributed by atoms with Crippen molar-refractivity contribution in [2.75, 3.05) is 20.1 Å². The lowest BCUT2D eigenvalue weighted by molar-refractivity contribution is -0.148. The molecule has 0 aromatic heterocycles. The number of hydrogen-bond acceptors (Lipinski definition) is 3. The van der Waals surface area contributed by atoms with E-state index in [9.17, 15) is 19.8 Å². The minimum absolute atomic E-state index is 0.197. The van der Waals surface area contributed by atoms with Crippen LogP contribution in [0.5, 0.6) is 0 Å². The number of amides is 2. The highest BCUT2D eigenvalue weighted by atomic mass is 16.4. The first-order valence-electron chi connectivity index (χ1n) is 6.59. The maximum Gasteiger partial charge on any atom is 0.327 e. The smallest absolute Gasteiger partial charge is 0.327 e. The summed E-state index contributed by atoms with van der Waals surface area (Å²) in [6.07, 6.45) is 0.953. The van der Waals surface area contributed by atoms with Gasteiger partial charge in [0, 0.05) is 20.1 Å². The highest BCUT2D eigenvalue weighted by Gasteiger charge is 2.45. The molecule has 110 valence electrons. The van der Waals surface area contributed by atoms with E-state index in [1.807, 2.05) is 13.8 Å². The van der Waals surface area contributed by atoms with E-state index in [0.29, 0.717) is 6.54 Å². The summed E-state index contributed by atoms with van der Waals surface area (Å²) in [5.41, 5.74) is -0.439. The van der Waals surface area contributed by atoms with Gasteiger partial charge in [-0.05, 0) is 25.2 Å². The first kappa shape index (κ1) is 15.8. The van der Waals surface area contributed by atoms with Crippen LogP contribution < -0.4 is 0 Å². The highest BCUT2D eigenvalue weighted by molar-refractivity contribution is 5.83. The molecule has 2 atom stereocenters. The van der Waals surface area contributed by atoms with Gasteiger partial charge in [0.25, 0.3) is 0 Å². The lowest BCUT2D eigenvalue weighted by Gasteiger charge is -2.45. The number of likely N-dealkylation sites (N-methyl/N-ethyl adjacent to an activating group) is 1. The van der Waals surface area contributed by atoms with Crippen molar-refractivity contribution < 1.29 is 19.8 Å². The monoisotopic (exact) mass is 272 g/mol. The molecule has 1 aliphatic heterocycles. The number of rotatable bonds is 3. The van der Waals surface area contributed by atoms with Crippen molar-refractivity contribution in [3.05, 3.63) is 0 Å². The molecular weight excluding hydrogens is 248 g/mol. The third kappa shape index (κ3) is 3.59. The van der Waals surface area contributed by atoms with Crippen molar-refractivity contribution >= 4 is 12.0 Å². The molecule has 0 bridgehead atoms. The summed E-state index contributed by atoms with van der Waals surface area (Å²) >= 11 is 0. The summed E-state index contributed by atoms with van der Waals surface area (Å²) in [5, 5.41) is 18.7. The predicted octanol–water partition coefficient (Wildman–Crippen LogP) is 0.994. The minimum atomic E-state index is -0.969. The first-order valence-corrected chi connectivity index (χ1v) is 6.59. The van der Waals surface area contributed by atoms with Crippen LogP contribution >= 0.6 is 0 Å². The number of aliphatic hydroxyl groups is 1. The molecule has 2 amide bonds. The number of carbonyl (C=O) groups excluding carboxylic acids is 1. The van der Waals surface area contributed by atoms with Crippen LogP contribution in [0, 0.1) is 5.41 Å². The van der Waals surface area contributed by atoms with E-state index in [4.69, 9.17) is 0 Å². The van der Waals surface area contributed by atoms with Crippen LogP contribution in [0.4, 0.5) is 4.79 Å². The Morgan fingerprint density at radius 1 is 1.47 bits per heavy atom. The van der Waals surface area contributed by atoms with E-state index in [1.165, 1.54) is 9.80 Å². The Kier molecular flexibility index (Phi) is 4.79. The molecule has 19 heavy (non-hydrogen) atoms. The SMILES string of the molecule is CC(O)CN(C)C(=O)N1CCCC(C)(C)C1C(=O)O. The summed E-state index contributed by atoms with van der Waals surface area (Å²) in [7, 11) is 1.58. The number of carboxylic acids is 1. The summed E-state index contributed by atoms with van der Waals surface area (Å²) in [5.74, 6) is -0.969. The van der Waals surface area contributed by atoms with Crippen LogP contribution in [0.2, 0.25) is 0 Å². The number of aliphatic hydroxyl groups excluding tert-OH is 1. The molecule has 0 aromatic carbocycles. The van der Waals surface area contributed by atoms with Crippen molar-refractivity contribution in [3.8, 4) is 0 Å². The number of carbonyl (C=O) groups is 2. The molecule has 0 spiro atoms. The topological polar surface area (TPSA) is 81.1 Å². The third-order valence-electron chi connectivity index (χ3n) is 3.62. The Morgan fingerprint density at radius 3 is 2.53 bits per heavy atom. The lowest BCUT2D eigenvalue weighted by atomic mass is 9.76. The van der Waals surface area contributed by atoms with Gasteiger partial charge in [0.2, 0.25) is 0 Å². The molecule has 1 fully saturated rings. The number of likely N-dealkylation sites (tertiary alicyclic amines) is 1. The molecule has 1 rings (SSSR count). The maximum atomic E-state index is 12.3. The van der Waals surface area contributed by atoms with Crippen molar-refractivity contribution in [3.63, 3.8) is 0 Å². The summed E-state index contributed by atoms with van der Waals surface area (Å²) in [4.78, 5) is 26.6. The lowest BCUT2D eigenvalue weighted by Crippen LogP contribution is -2.59. The van der Waals surface area contributed by atoms with Crippen LogP contribution in [0.25, 0.3) is 0 Å². The Bertz CT molecular complexity index is 355. The highest BCUT2D eigenvalue weighted by Crippen LogP contribution is 2.35. The van der Waals surface area contributed by atoms with Gasteiger partial charge in [-0.1, -0.05) is 13.8 Å². The normalized spacial score (nSPS) is 23.8. The number of urea groups is 1. The molecule has 2 unspecified atom stereocenters. The summed E-state index contributed by atoms with van der Waals surface area (Å²) in [6, 6.07) is -1.15. The number of hydrogen-bond donors (Lipinski definition) is 2. The largest absolute Gasteiger partial charge is 0.480 e. The number of carboxylic acid groups (broad SMARTS) is 1. The molecule has 1 saturated heterocycles.